The second-order valence-corrected chi connectivity index (χ2v) is 5.66. The van der Waals surface area contributed by atoms with Gasteiger partial charge in [-0.25, -0.2) is 0 Å². The molecule has 1 atom stereocenters. The van der Waals surface area contributed by atoms with Gasteiger partial charge in [0, 0.05) is 10.9 Å². The van der Waals surface area contributed by atoms with Crippen molar-refractivity contribution in [3.8, 4) is 0 Å². The number of fused-ring (bicyclic) bond motifs is 2. The first kappa shape index (κ1) is 13.4. The van der Waals surface area contributed by atoms with Crippen molar-refractivity contribution in [1.82, 2.24) is 0 Å². The van der Waals surface area contributed by atoms with E-state index < -0.39 is 0 Å². The third kappa shape index (κ3) is 2.52. The van der Waals surface area contributed by atoms with Crippen molar-refractivity contribution in [3.63, 3.8) is 0 Å². The molecule has 1 nitrogen and oxygen atoms in total. The molecule has 2 aromatic carbocycles. The highest BCUT2D eigenvalue weighted by Crippen LogP contribution is 2.38. The number of halogens is 1. The van der Waals surface area contributed by atoms with E-state index in [1.807, 2.05) is 6.07 Å². The monoisotopic (exact) mass is 283 g/mol. The minimum atomic E-state index is 0.374. The lowest BCUT2D eigenvalue weighted by atomic mass is 9.84. The highest BCUT2D eigenvalue weighted by atomic mass is 35.5. The Hall–Kier alpha value is -1.57. The minimum Gasteiger partial charge on any atom is -0.330 e. The number of hydrogen-bond donors (Lipinski definition) is 1. The Morgan fingerprint density at radius 3 is 2.50 bits per heavy atom. The van der Waals surface area contributed by atoms with Gasteiger partial charge in [-0.2, -0.15) is 0 Å². The second kappa shape index (κ2) is 5.82. The van der Waals surface area contributed by atoms with Gasteiger partial charge in [0.25, 0.3) is 0 Å². The van der Waals surface area contributed by atoms with Crippen LogP contribution in [0.3, 0.4) is 0 Å². The molecule has 0 aliphatic heterocycles. The maximum Gasteiger partial charge on any atom is 0.0409 e. The number of rotatable bonds is 3. The van der Waals surface area contributed by atoms with E-state index in [4.69, 9.17) is 17.3 Å². The SMILES string of the molecule is NCCCC1c2ccccc2C=Cc2ccc(Cl)cc21. The number of benzene rings is 2. The molecule has 0 saturated heterocycles. The lowest BCUT2D eigenvalue weighted by Gasteiger charge is -2.20. The molecule has 0 aromatic heterocycles. The summed E-state index contributed by atoms with van der Waals surface area (Å²) >= 11 is 6.21. The molecule has 2 N–H and O–H groups in total. The van der Waals surface area contributed by atoms with Crippen molar-refractivity contribution < 1.29 is 0 Å². The summed E-state index contributed by atoms with van der Waals surface area (Å²) in [4.78, 5) is 0. The maximum atomic E-state index is 6.21. The molecule has 0 fully saturated rings. The highest BCUT2D eigenvalue weighted by Gasteiger charge is 2.21. The van der Waals surface area contributed by atoms with Crippen LogP contribution in [0, 0.1) is 0 Å². The van der Waals surface area contributed by atoms with Crippen LogP contribution in [0.15, 0.2) is 42.5 Å². The molecule has 0 heterocycles. The van der Waals surface area contributed by atoms with Gasteiger partial charge in [-0.1, -0.05) is 54.1 Å². The van der Waals surface area contributed by atoms with Crippen LogP contribution in [0.1, 0.15) is 41.0 Å². The molecule has 1 unspecified atom stereocenters. The number of nitrogens with two attached hydrogens (primary N) is 1. The van der Waals surface area contributed by atoms with Crippen molar-refractivity contribution >= 4 is 23.8 Å². The van der Waals surface area contributed by atoms with Gasteiger partial charge in [0.2, 0.25) is 0 Å². The summed E-state index contributed by atoms with van der Waals surface area (Å²) in [6.07, 6.45) is 6.46. The molecule has 2 aromatic rings. The molecule has 102 valence electrons. The number of hydrogen-bond acceptors (Lipinski definition) is 1. The Morgan fingerprint density at radius 2 is 1.70 bits per heavy atom. The molecule has 1 aliphatic carbocycles. The van der Waals surface area contributed by atoms with Gasteiger partial charge in [-0.15, -0.1) is 0 Å². The average molecular weight is 284 g/mol. The standard InChI is InChI=1S/C18H18ClN/c19-15-10-9-14-8-7-13-4-1-2-5-16(13)17(6-3-11-20)18(14)12-15/h1-2,4-5,7-10,12,17H,3,6,11,20H2. The zero-order chi connectivity index (χ0) is 13.9. The minimum absolute atomic E-state index is 0.374. The third-order valence-corrected chi connectivity index (χ3v) is 4.17. The maximum absolute atomic E-state index is 6.21. The molecule has 0 spiro atoms. The lowest BCUT2D eigenvalue weighted by Crippen LogP contribution is -2.07. The first-order valence-electron chi connectivity index (χ1n) is 7.06. The predicted octanol–water partition coefficient (Wildman–Crippen LogP) is 4.69. The van der Waals surface area contributed by atoms with Crippen LogP contribution >= 0.6 is 11.6 Å². The summed E-state index contributed by atoms with van der Waals surface area (Å²) in [5, 5.41) is 0.800. The normalized spacial score (nSPS) is 16.4. The van der Waals surface area contributed by atoms with Gasteiger partial charge >= 0.3 is 0 Å². The van der Waals surface area contributed by atoms with E-state index in [0.29, 0.717) is 5.92 Å². The van der Waals surface area contributed by atoms with Crippen LogP contribution in [0.5, 0.6) is 0 Å². The Labute approximate surface area is 125 Å². The third-order valence-electron chi connectivity index (χ3n) is 3.94. The highest BCUT2D eigenvalue weighted by molar-refractivity contribution is 6.30. The van der Waals surface area contributed by atoms with Gasteiger partial charge in [-0.3, -0.25) is 0 Å². The fourth-order valence-electron chi connectivity index (χ4n) is 2.96. The molecular formula is C18H18ClN. The van der Waals surface area contributed by atoms with Crippen molar-refractivity contribution in [2.45, 2.75) is 18.8 Å². The van der Waals surface area contributed by atoms with Gasteiger partial charge in [0.15, 0.2) is 0 Å². The van der Waals surface area contributed by atoms with Crippen molar-refractivity contribution in [1.29, 1.82) is 0 Å². The van der Waals surface area contributed by atoms with Crippen molar-refractivity contribution in [2.75, 3.05) is 6.54 Å². The summed E-state index contributed by atoms with van der Waals surface area (Å²) in [6, 6.07) is 14.8. The summed E-state index contributed by atoms with van der Waals surface area (Å²) in [5.74, 6) is 0.374. The second-order valence-electron chi connectivity index (χ2n) is 5.22. The predicted molar refractivity (Wildman–Crippen MR) is 87.0 cm³/mol. The first-order valence-corrected chi connectivity index (χ1v) is 7.44. The molecule has 1 aliphatic rings. The summed E-state index contributed by atoms with van der Waals surface area (Å²) < 4.78 is 0. The average Bonchev–Trinajstić information content (AvgIpc) is 2.62. The smallest absolute Gasteiger partial charge is 0.0409 e. The van der Waals surface area contributed by atoms with Crippen LogP contribution in [0.4, 0.5) is 0 Å². The first-order chi connectivity index (χ1) is 9.79. The van der Waals surface area contributed by atoms with E-state index in [1.165, 1.54) is 22.3 Å². The molecular weight excluding hydrogens is 266 g/mol. The van der Waals surface area contributed by atoms with Crippen molar-refractivity contribution in [3.05, 3.63) is 69.7 Å². The quantitative estimate of drug-likeness (QED) is 0.868. The fraction of sp³-hybridized carbons (Fsp3) is 0.222. The lowest BCUT2D eigenvalue weighted by molar-refractivity contribution is 0.668. The van der Waals surface area contributed by atoms with Gasteiger partial charge in [0.05, 0.1) is 0 Å². The van der Waals surface area contributed by atoms with E-state index in [0.717, 1.165) is 24.4 Å². The summed E-state index contributed by atoms with van der Waals surface area (Å²) in [7, 11) is 0. The molecule has 0 saturated carbocycles. The van der Waals surface area contributed by atoms with E-state index >= 15 is 0 Å². The molecule has 0 radical (unpaired) electrons. The summed E-state index contributed by atoms with van der Waals surface area (Å²) in [6.45, 7) is 0.724. The van der Waals surface area contributed by atoms with Crippen LogP contribution in [0.2, 0.25) is 5.02 Å². The van der Waals surface area contributed by atoms with Gasteiger partial charge in [0.1, 0.15) is 0 Å². The fourth-order valence-corrected chi connectivity index (χ4v) is 3.14. The van der Waals surface area contributed by atoms with Crippen LogP contribution in [-0.2, 0) is 0 Å². The zero-order valence-electron chi connectivity index (χ0n) is 11.4. The Morgan fingerprint density at radius 1 is 0.950 bits per heavy atom. The zero-order valence-corrected chi connectivity index (χ0v) is 12.1. The van der Waals surface area contributed by atoms with Crippen LogP contribution in [0.25, 0.3) is 12.2 Å². The Bertz CT molecular complexity index is 646. The largest absolute Gasteiger partial charge is 0.330 e. The summed E-state index contributed by atoms with van der Waals surface area (Å²) in [5.41, 5.74) is 10.9. The van der Waals surface area contributed by atoms with Crippen molar-refractivity contribution in [2.24, 2.45) is 5.73 Å². The van der Waals surface area contributed by atoms with Gasteiger partial charge < -0.3 is 5.73 Å². The Kier molecular flexibility index (Phi) is 3.90. The van der Waals surface area contributed by atoms with E-state index in [-0.39, 0.29) is 0 Å². The molecule has 20 heavy (non-hydrogen) atoms. The Balaban J connectivity index is 2.15. The van der Waals surface area contributed by atoms with E-state index in [1.54, 1.807) is 0 Å². The molecule has 0 bridgehead atoms. The molecule has 2 heteroatoms. The molecule has 0 amide bonds. The topological polar surface area (TPSA) is 26.0 Å². The van der Waals surface area contributed by atoms with Crippen LogP contribution in [-0.4, -0.2) is 6.54 Å². The molecule has 3 rings (SSSR count). The van der Waals surface area contributed by atoms with E-state index in [2.05, 4.69) is 48.6 Å². The van der Waals surface area contributed by atoms with Crippen LogP contribution < -0.4 is 5.73 Å². The van der Waals surface area contributed by atoms with Gasteiger partial charge in [-0.05, 0) is 53.8 Å². The van der Waals surface area contributed by atoms with E-state index in [9.17, 15) is 0 Å².